The van der Waals surface area contributed by atoms with Gasteiger partial charge in [-0.2, -0.15) is 0 Å². The summed E-state index contributed by atoms with van der Waals surface area (Å²) in [7, 11) is 3.93. The van der Waals surface area contributed by atoms with Crippen LogP contribution in [0.2, 0.25) is 5.02 Å². The van der Waals surface area contributed by atoms with Crippen molar-refractivity contribution in [2.75, 3.05) is 27.2 Å². The first-order valence-electron chi connectivity index (χ1n) is 9.71. The molecule has 0 saturated heterocycles. The van der Waals surface area contributed by atoms with Crippen molar-refractivity contribution in [3.63, 3.8) is 0 Å². The van der Waals surface area contributed by atoms with Gasteiger partial charge in [-0.1, -0.05) is 41.9 Å². The molecule has 0 fully saturated rings. The van der Waals surface area contributed by atoms with Gasteiger partial charge < -0.3 is 15.2 Å². The lowest BCUT2D eigenvalue weighted by Crippen LogP contribution is -2.31. The number of aromatic nitrogens is 1. The van der Waals surface area contributed by atoms with Crippen LogP contribution in [0.3, 0.4) is 0 Å². The fourth-order valence-electron chi connectivity index (χ4n) is 3.58. The third-order valence-corrected chi connectivity index (χ3v) is 5.39. The van der Waals surface area contributed by atoms with Crippen molar-refractivity contribution in [1.29, 1.82) is 0 Å². The van der Waals surface area contributed by atoms with E-state index in [0.717, 1.165) is 33.8 Å². The van der Waals surface area contributed by atoms with Crippen molar-refractivity contribution in [3.8, 4) is 11.1 Å². The minimum Gasteiger partial charge on any atom is -0.351 e. The number of benzene rings is 3. The van der Waals surface area contributed by atoms with Gasteiger partial charge in [-0.15, -0.1) is 0 Å². The largest absolute Gasteiger partial charge is 0.351 e. The molecule has 0 atom stereocenters. The zero-order chi connectivity index (χ0) is 21.3. The van der Waals surface area contributed by atoms with Crippen molar-refractivity contribution in [3.05, 3.63) is 81.7 Å². The molecule has 0 saturated carbocycles. The number of fused-ring (bicyclic) bond motifs is 3. The number of pyridine rings is 1. The molecule has 0 aliphatic heterocycles. The molecule has 152 valence electrons. The SMILES string of the molecule is CN(C)CCNC(=O)c1ccc(-c2c[nH]c(=O)c3c2ccc2ccc(Cl)cc23)cc1. The predicted octanol–water partition coefficient (Wildman–Crippen LogP) is 4.29. The Morgan fingerprint density at radius 3 is 2.50 bits per heavy atom. The number of nitrogens with one attached hydrogen (secondary N) is 2. The van der Waals surface area contributed by atoms with Crippen LogP contribution in [-0.4, -0.2) is 43.0 Å². The van der Waals surface area contributed by atoms with Gasteiger partial charge in [-0.05, 0) is 60.1 Å². The molecule has 0 spiro atoms. The standard InChI is InChI=1S/C24H22ClN3O2/c1-28(2)12-11-26-23(29)17-5-3-16(4-6-17)21-14-27-24(30)22-19(21)10-8-15-7-9-18(25)13-20(15)22/h3-10,13-14H,11-12H2,1-2H3,(H,26,29)(H,27,30). The second-order valence-corrected chi connectivity index (χ2v) is 7.96. The topological polar surface area (TPSA) is 65.2 Å². The van der Waals surface area contributed by atoms with Crippen molar-refractivity contribution in [1.82, 2.24) is 15.2 Å². The Balaban J connectivity index is 1.72. The summed E-state index contributed by atoms with van der Waals surface area (Å²) < 4.78 is 0. The Morgan fingerprint density at radius 1 is 1.03 bits per heavy atom. The Bertz CT molecular complexity index is 1290. The second-order valence-electron chi connectivity index (χ2n) is 7.52. The van der Waals surface area contributed by atoms with Gasteiger partial charge in [0.15, 0.2) is 0 Å². The molecule has 1 aromatic heterocycles. The van der Waals surface area contributed by atoms with E-state index in [1.54, 1.807) is 18.3 Å². The Morgan fingerprint density at radius 2 is 1.77 bits per heavy atom. The third kappa shape index (κ3) is 3.95. The number of likely N-dealkylation sites (N-methyl/N-ethyl adjacent to an activating group) is 1. The van der Waals surface area contributed by atoms with E-state index in [1.165, 1.54) is 0 Å². The molecule has 0 bridgehead atoms. The fraction of sp³-hybridized carbons (Fsp3) is 0.167. The van der Waals surface area contributed by atoms with Crippen LogP contribution >= 0.6 is 11.6 Å². The smallest absolute Gasteiger partial charge is 0.256 e. The molecule has 30 heavy (non-hydrogen) atoms. The maximum absolute atomic E-state index is 12.6. The summed E-state index contributed by atoms with van der Waals surface area (Å²) in [4.78, 5) is 29.8. The van der Waals surface area contributed by atoms with Crippen LogP contribution in [0.15, 0.2) is 65.6 Å². The van der Waals surface area contributed by atoms with Gasteiger partial charge in [0.2, 0.25) is 0 Å². The van der Waals surface area contributed by atoms with E-state index in [2.05, 4.69) is 10.3 Å². The predicted molar refractivity (Wildman–Crippen MR) is 123 cm³/mol. The van der Waals surface area contributed by atoms with E-state index >= 15 is 0 Å². The minimum atomic E-state index is -0.154. The second kappa shape index (κ2) is 8.30. The molecular formula is C24H22ClN3O2. The Hall–Kier alpha value is -3.15. The number of nitrogens with zero attached hydrogens (tertiary/aromatic N) is 1. The summed E-state index contributed by atoms with van der Waals surface area (Å²) in [6, 6.07) is 16.9. The Kier molecular flexibility index (Phi) is 5.57. The highest BCUT2D eigenvalue weighted by atomic mass is 35.5. The molecule has 2 N–H and O–H groups in total. The maximum Gasteiger partial charge on any atom is 0.256 e. The minimum absolute atomic E-state index is 0.102. The van der Waals surface area contributed by atoms with E-state index < -0.39 is 0 Å². The van der Waals surface area contributed by atoms with Crippen LogP contribution < -0.4 is 10.9 Å². The van der Waals surface area contributed by atoms with Gasteiger partial charge in [0.05, 0.1) is 5.39 Å². The quantitative estimate of drug-likeness (QED) is 0.474. The lowest BCUT2D eigenvalue weighted by atomic mass is 9.96. The molecular weight excluding hydrogens is 398 g/mol. The van der Waals surface area contributed by atoms with Crippen LogP contribution in [0.5, 0.6) is 0 Å². The van der Waals surface area contributed by atoms with E-state index in [4.69, 9.17) is 11.6 Å². The summed E-state index contributed by atoms with van der Waals surface area (Å²) in [5, 5.41) is 6.73. The zero-order valence-electron chi connectivity index (χ0n) is 16.8. The zero-order valence-corrected chi connectivity index (χ0v) is 17.6. The number of carbonyl (C=O) groups is 1. The van der Waals surface area contributed by atoms with Crippen molar-refractivity contribution in [2.24, 2.45) is 0 Å². The number of amides is 1. The van der Waals surface area contributed by atoms with Crippen molar-refractivity contribution < 1.29 is 4.79 Å². The summed E-state index contributed by atoms with van der Waals surface area (Å²) in [6.45, 7) is 1.37. The van der Waals surface area contributed by atoms with E-state index in [1.807, 2.05) is 61.5 Å². The van der Waals surface area contributed by atoms with Gasteiger partial charge in [0, 0.05) is 35.4 Å². The molecule has 6 heteroatoms. The molecule has 0 aliphatic rings. The number of rotatable bonds is 5. The van der Waals surface area contributed by atoms with E-state index in [9.17, 15) is 9.59 Å². The fourth-order valence-corrected chi connectivity index (χ4v) is 3.76. The molecule has 4 rings (SSSR count). The normalized spacial score (nSPS) is 11.3. The van der Waals surface area contributed by atoms with Gasteiger partial charge in [-0.3, -0.25) is 9.59 Å². The van der Waals surface area contributed by atoms with Gasteiger partial charge in [-0.25, -0.2) is 0 Å². The number of aromatic amines is 1. The van der Waals surface area contributed by atoms with E-state index in [-0.39, 0.29) is 11.5 Å². The van der Waals surface area contributed by atoms with E-state index in [0.29, 0.717) is 22.5 Å². The monoisotopic (exact) mass is 419 g/mol. The first kappa shape index (κ1) is 20.1. The van der Waals surface area contributed by atoms with Crippen LogP contribution in [0.4, 0.5) is 0 Å². The lowest BCUT2D eigenvalue weighted by Gasteiger charge is -2.11. The molecule has 0 aliphatic carbocycles. The average Bonchev–Trinajstić information content (AvgIpc) is 2.73. The van der Waals surface area contributed by atoms with Crippen molar-refractivity contribution >= 4 is 39.1 Å². The van der Waals surface area contributed by atoms with Crippen molar-refractivity contribution in [2.45, 2.75) is 0 Å². The molecule has 0 radical (unpaired) electrons. The van der Waals surface area contributed by atoms with Crippen LogP contribution in [0.1, 0.15) is 10.4 Å². The Labute approximate surface area is 179 Å². The first-order valence-corrected chi connectivity index (χ1v) is 10.1. The van der Waals surface area contributed by atoms with Gasteiger partial charge >= 0.3 is 0 Å². The molecule has 1 heterocycles. The average molecular weight is 420 g/mol. The van der Waals surface area contributed by atoms with Crippen LogP contribution in [-0.2, 0) is 0 Å². The lowest BCUT2D eigenvalue weighted by molar-refractivity contribution is 0.0951. The highest BCUT2D eigenvalue weighted by Gasteiger charge is 2.12. The van der Waals surface area contributed by atoms with Gasteiger partial charge in [0.1, 0.15) is 0 Å². The van der Waals surface area contributed by atoms with Gasteiger partial charge in [0.25, 0.3) is 11.5 Å². The highest BCUT2D eigenvalue weighted by Crippen LogP contribution is 2.32. The number of hydrogen-bond donors (Lipinski definition) is 2. The molecule has 3 aromatic carbocycles. The number of carbonyl (C=O) groups excluding carboxylic acids is 1. The maximum atomic E-state index is 12.6. The van der Waals surface area contributed by atoms with Crippen LogP contribution in [0, 0.1) is 0 Å². The number of halogens is 1. The summed E-state index contributed by atoms with van der Waals surface area (Å²) in [5.74, 6) is -0.102. The summed E-state index contributed by atoms with van der Waals surface area (Å²) >= 11 is 6.18. The highest BCUT2D eigenvalue weighted by molar-refractivity contribution is 6.32. The molecule has 1 amide bonds. The summed E-state index contributed by atoms with van der Waals surface area (Å²) in [5.41, 5.74) is 2.26. The molecule has 4 aromatic rings. The molecule has 5 nitrogen and oxygen atoms in total. The number of H-pyrrole nitrogens is 1. The molecule has 0 unspecified atom stereocenters. The first-order chi connectivity index (χ1) is 14.4. The third-order valence-electron chi connectivity index (χ3n) is 5.15. The van der Waals surface area contributed by atoms with Crippen LogP contribution in [0.25, 0.3) is 32.7 Å². The summed E-state index contributed by atoms with van der Waals surface area (Å²) in [6.07, 6.45) is 1.72. The number of hydrogen-bond acceptors (Lipinski definition) is 3.